The summed E-state index contributed by atoms with van der Waals surface area (Å²) < 4.78 is 7.62. The molecule has 6 aromatic rings. The predicted molar refractivity (Wildman–Crippen MR) is 180 cm³/mol. The molecular formula is C34H30BrClN8O2. The van der Waals surface area contributed by atoms with Gasteiger partial charge >= 0.3 is 5.69 Å². The molecule has 1 unspecified atom stereocenters. The summed E-state index contributed by atoms with van der Waals surface area (Å²) in [7, 11) is 0. The smallest absolute Gasteiger partial charge is 0.333 e. The lowest BCUT2D eigenvalue weighted by atomic mass is 10.1. The lowest BCUT2D eigenvalue weighted by Gasteiger charge is -2.28. The van der Waals surface area contributed by atoms with Crippen LogP contribution in [0.1, 0.15) is 40.3 Å². The first-order valence-corrected chi connectivity index (χ1v) is 16.1. The van der Waals surface area contributed by atoms with Crippen molar-refractivity contribution in [3.05, 3.63) is 146 Å². The molecule has 1 aliphatic rings. The molecule has 1 atom stereocenters. The number of fused-ring (bicyclic) bond motifs is 1. The van der Waals surface area contributed by atoms with Gasteiger partial charge in [0.2, 0.25) is 0 Å². The van der Waals surface area contributed by atoms with E-state index in [-0.39, 0.29) is 17.6 Å². The monoisotopic (exact) mass is 696 g/mol. The fourth-order valence-corrected chi connectivity index (χ4v) is 6.46. The second-order valence-electron chi connectivity index (χ2n) is 11.2. The van der Waals surface area contributed by atoms with E-state index >= 15 is 0 Å². The SMILES string of the molecule is CC(NC(=O)c1c2n(c(=O)n1-c1ccc(-n3cccn3)cc1)CCN(Cc1ccc(Br)c(Cl)c1)C2)c1ccccc1-n1cccn1. The van der Waals surface area contributed by atoms with Gasteiger partial charge in [-0.15, -0.1) is 0 Å². The Hall–Kier alpha value is -4.71. The van der Waals surface area contributed by atoms with Crippen molar-refractivity contribution in [3.8, 4) is 17.1 Å². The van der Waals surface area contributed by atoms with Gasteiger partial charge in [0.1, 0.15) is 5.69 Å². The first-order chi connectivity index (χ1) is 22.4. The largest absolute Gasteiger partial charge is 0.344 e. The normalized spacial score (nSPS) is 13.8. The third-order valence-electron chi connectivity index (χ3n) is 8.24. The van der Waals surface area contributed by atoms with Gasteiger partial charge in [0, 0.05) is 55.4 Å². The Morgan fingerprint density at radius 3 is 2.37 bits per heavy atom. The Morgan fingerprint density at radius 2 is 1.65 bits per heavy atom. The molecule has 1 aliphatic heterocycles. The van der Waals surface area contributed by atoms with Crippen LogP contribution in [0.5, 0.6) is 0 Å². The van der Waals surface area contributed by atoms with Crippen LogP contribution in [-0.2, 0) is 19.6 Å². The van der Waals surface area contributed by atoms with Crippen LogP contribution in [0.2, 0.25) is 5.02 Å². The highest BCUT2D eigenvalue weighted by Crippen LogP contribution is 2.27. The molecule has 12 heteroatoms. The molecule has 3 aromatic carbocycles. The predicted octanol–water partition coefficient (Wildman–Crippen LogP) is 5.93. The lowest BCUT2D eigenvalue weighted by molar-refractivity contribution is 0.0929. The Morgan fingerprint density at radius 1 is 0.935 bits per heavy atom. The number of imidazole rings is 1. The van der Waals surface area contributed by atoms with Crippen LogP contribution in [0.4, 0.5) is 0 Å². The molecule has 232 valence electrons. The van der Waals surface area contributed by atoms with E-state index < -0.39 is 0 Å². The number of rotatable bonds is 8. The number of halogens is 2. The van der Waals surface area contributed by atoms with Crippen molar-refractivity contribution in [3.63, 3.8) is 0 Å². The van der Waals surface area contributed by atoms with Crippen LogP contribution >= 0.6 is 27.5 Å². The van der Waals surface area contributed by atoms with E-state index in [1.165, 1.54) is 4.57 Å². The quantitative estimate of drug-likeness (QED) is 0.213. The number of nitrogens with one attached hydrogen (secondary N) is 1. The van der Waals surface area contributed by atoms with Gasteiger partial charge in [-0.2, -0.15) is 10.2 Å². The molecular weight excluding hydrogens is 668 g/mol. The number of carbonyl (C=O) groups excluding carboxylic acids is 1. The number of nitrogens with zero attached hydrogens (tertiary/aromatic N) is 7. The standard InChI is InChI=1S/C34H30BrClN8O2/c1-23(27-6-2-3-7-30(27)43-17-5-15-38-43)39-33(45)32-31-22-40(21-24-8-13-28(35)29(36)20-24)18-19-41(31)34(46)44(32)26-11-9-25(10-12-26)42-16-4-14-37-42/h2-17,20,23H,18-19,21-22H2,1H3,(H,39,45). The van der Waals surface area contributed by atoms with Crippen molar-refractivity contribution in [2.75, 3.05) is 6.54 Å². The Kier molecular flexibility index (Phi) is 8.20. The number of para-hydroxylation sites is 1. The molecule has 10 nitrogen and oxygen atoms in total. The van der Waals surface area contributed by atoms with E-state index in [2.05, 4.69) is 36.3 Å². The summed E-state index contributed by atoms with van der Waals surface area (Å²) in [6, 6.07) is 24.5. The summed E-state index contributed by atoms with van der Waals surface area (Å²) in [5, 5.41) is 12.5. The Balaban J connectivity index is 1.26. The van der Waals surface area contributed by atoms with Gasteiger partial charge in [0.05, 0.1) is 33.8 Å². The molecule has 0 radical (unpaired) electrons. The maximum absolute atomic E-state index is 14.3. The lowest BCUT2D eigenvalue weighted by Crippen LogP contribution is -2.37. The van der Waals surface area contributed by atoms with Crippen molar-refractivity contribution in [2.45, 2.75) is 32.6 Å². The van der Waals surface area contributed by atoms with E-state index in [1.54, 1.807) is 26.3 Å². The first-order valence-electron chi connectivity index (χ1n) is 14.9. The van der Waals surface area contributed by atoms with Crippen molar-refractivity contribution >= 4 is 33.4 Å². The van der Waals surface area contributed by atoms with E-state index in [4.69, 9.17) is 11.6 Å². The number of aromatic nitrogens is 6. The van der Waals surface area contributed by atoms with Crippen LogP contribution in [-0.4, -0.2) is 46.0 Å². The summed E-state index contributed by atoms with van der Waals surface area (Å²) in [5.74, 6) is -0.335. The van der Waals surface area contributed by atoms with Crippen LogP contribution in [0.15, 0.2) is 113 Å². The number of hydrogen-bond acceptors (Lipinski definition) is 5. The number of hydrogen-bond donors (Lipinski definition) is 1. The van der Waals surface area contributed by atoms with Gasteiger partial charge in [0.25, 0.3) is 5.91 Å². The van der Waals surface area contributed by atoms with Gasteiger partial charge < -0.3 is 5.32 Å². The number of benzene rings is 3. The summed E-state index contributed by atoms with van der Waals surface area (Å²) in [6.07, 6.45) is 7.16. The highest BCUT2D eigenvalue weighted by atomic mass is 79.9. The maximum Gasteiger partial charge on any atom is 0.333 e. The molecule has 3 aromatic heterocycles. The van der Waals surface area contributed by atoms with Gasteiger partial charge in [-0.05, 0) is 88.6 Å². The molecule has 0 saturated carbocycles. The Labute approximate surface area is 278 Å². The van der Waals surface area contributed by atoms with Gasteiger partial charge in [-0.25, -0.2) is 14.2 Å². The third-order valence-corrected chi connectivity index (χ3v) is 9.47. The van der Waals surface area contributed by atoms with E-state index in [0.717, 1.165) is 27.0 Å². The average Bonchev–Trinajstić information content (AvgIpc) is 3.85. The summed E-state index contributed by atoms with van der Waals surface area (Å²) in [6.45, 7) is 4.09. The van der Waals surface area contributed by atoms with E-state index in [9.17, 15) is 9.59 Å². The summed E-state index contributed by atoms with van der Waals surface area (Å²) in [4.78, 5) is 30.6. The van der Waals surface area contributed by atoms with Crippen LogP contribution < -0.4 is 11.0 Å². The molecule has 0 fully saturated rings. The van der Waals surface area contributed by atoms with Crippen LogP contribution in [0, 0.1) is 0 Å². The van der Waals surface area contributed by atoms with Crippen molar-refractivity contribution in [1.29, 1.82) is 0 Å². The molecule has 1 N–H and O–H groups in total. The Bertz CT molecular complexity index is 2070. The summed E-state index contributed by atoms with van der Waals surface area (Å²) >= 11 is 9.84. The highest BCUT2D eigenvalue weighted by molar-refractivity contribution is 9.10. The fourth-order valence-electron chi connectivity index (χ4n) is 6.01. The molecule has 0 bridgehead atoms. The second kappa shape index (κ2) is 12.6. The zero-order chi connectivity index (χ0) is 31.8. The molecule has 7 rings (SSSR count). The van der Waals surface area contributed by atoms with Gasteiger partial charge in [-0.3, -0.25) is 18.8 Å². The topological polar surface area (TPSA) is 94.9 Å². The molecule has 0 saturated heterocycles. The van der Waals surface area contributed by atoms with Crippen molar-refractivity contribution < 1.29 is 4.79 Å². The van der Waals surface area contributed by atoms with Gasteiger partial charge in [0.15, 0.2) is 0 Å². The van der Waals surface area contributed by atoms with Crippen LogP contribution in [0.25, 0.3) is 17.1 Å². The van der Waals surface area contributed by atoms with Crippen LogP contribution in [0.3, 0.4) is 0 Å². The molecule has 1 amide bonds. The fraction of sp³-hybridized carbons (Fsp3) is 0.176. The average molecular weight is 698 g/mol. The van der Waals surface area contributed by atoms with Crippen molar-refractivity contribution in [2.24, 2.45) is 0 Å². The second-order valence-corrected chi connectivity index (χ2v) is 12.5. The zero-order valence-corrected chi connectivity index (χ0v) is 27.3. The highest BCUT2D eigenvalue weighted by Gasteiger charge is 2.31. The first kappa shape index (κ1) is 30.0. The minimum Gasteiger partial charge on any atom is -0.344 e. The van der Waals surface area contributed by atoms with Gasteiger partial charge in [-0.1, -0.05) is 35.9 Å². The maximum atomic E-state index is 14.3. The van der Waals surface area contributed by atoms with E-state index in [1.807, 2.05) is 98.2 Å². The third kappa shape index (κ3) is 5.73. The zero-order valence-electron chi connectivity index (χ0n) is 24.9. The molecule has 0 spiro atoms. The number of carbonyl (C=O) groups is 1. The molecule has 46 heavy (non-hydrogen) atoms. The number of amides is 1. The van der Waals surface area contributed by atoms with E-state index in [0.29, 0.717) is 48.3 Å². The minimum absolute atomic E-state index is 0.247. The van der Waals surface area contributed by atoms with Crippen molar-refractivity contribution in [1.82, 2.24) is 38.9 Å². The minimum atomic E-state index is -0.376. The molecule has 4 heterocycles. The summed E-state index contributed by atoms with van der Waals surface area (Å²) in [5.41, 5.74) is 5.00. The molecule has 0 aliphatic carbocycles.